The fraction of sp³-hybridized carbons (Fsp3) is 0.579. The molecule has 1 saturated carbocycles. The maximum Gasteiger partial charge on any atom is 0.330 e. The number of carbonyl (C=O) groups is 2. The van der Waals surface area contributed by atoms with Crippen molar-refractivity contribution in [1.29, 1.82) is 0 Å². The molecule has 1 aliphatic carbocycles. The van der Waals surface area contributed by atoms with Crippen LogP contribution < -0.4 is 10.6 Å². The molecule has 1 amide bonds. The SMILES string of the molecule is COC(=O)C=Cc1cnc(N[C@H](CC(C)C)C(=O)NC2CCCC2)cn1. The van der Waals surface area contributed by atoms with Crippen LogP contribution in [0.5, 0.6) is 0 Å². The van der Waals surface area contributed by atoms with Crippen LogP contribution in [0.15, 0.2) is 18.5 Å². The van der Waals surface area contributed by atoms with Crippen LogP contribution in [0.1, 0.15) is 51.6 Å². The van der Waals surface area contributed by atoms with Crippen molar-refractivity contribution in [3.8, 4) is 0 Å². The maximum absolute atomic E-state index is 12.6. The second-order valence-electron chi connectivity index (χ2n) is 7.00. The van der Waals surface area contributed by atoms with Crippen molar-refractivity contribution in [3.63, 3.8) is 0 Å². The number of hydrogen-bond acceptors (Lipinski definition) is 6. The quantitative estimate of drug-likeness (QED) is 0.547. The van der Waals surface area contributed by atoms with E-state index in [9.17, 15) is 9.59 Å². The highest BCUT2D eigenvalue weighted by molar-refractivity contribution is 5.86. The Morgan fingerprint density at radius 1 is 1.27 bits per heavy atom. The highest BCUT2D eigenvalue weighted by atomic mass is 16.5. The molecule has 1 fully saturated rings. The number of carbonyl (C=O) groups excluding carboxylic acids is 2. The van der Waals surface area contributed by atoms with Crippen LogP contribution >= 0.6 is 0 Å². The number of esters is 1. The molecule has 2 rings (SSSR count). The molecule has 0 unspecified atom stereocenters. The van der Waals surface area contributed by atoms with Gasteiger partial charge in [0.25, 0.3) is 0 Å². The van der Waals surface area contributed by atoms with Gasteiger partial charge in [-0.05, 0) is 31.3 Å². The summed E-state index contributed by atoms with van der Waals surface area (Å²) >= 11 is 0. The summed E-state index contributed by atoms with van der Waals surface area (Å²) in [6.07, 6.45) is 11.1. The summed E-state index contributed by atoms with van der Waals surface area (Å²) < 4.78 is 4.54. The van der Waals surface area contributed by atoms with Gasteiger partial charge in [0.05, 0.1) is 25.2 Å². The maximum atomic E-state index is 12.6. The van der Waals surface area contributed by atoms with Crippen molar-refractivity contribution in [2.24, 2.45) is 5.92 Å². The van der Waals surface area contributed by atoms with E-state index in [4.69, 9.17) is 0 Å². The molecule has 1 aromatic heterocycles. The van der Waals surface area contributed by atoms with Crippen LogP contribution in [0.3, 0.4) is 0 Å². The number of anilines is 1. The standard InChI is InChI=1S/C19H28N4O3/c1-13(2)10-16(19(25)22-14-6-4-5-7-14)23-17-12-20-15(11-21-17)8-9-18(24)26-3/h8-9,11-14,16H,4-7,10H2,1-3H3,(H,21,23)(H,22,25)/t16-/m1/s1. The average molecular weight is 360 g/mol. The van der Waals surface area contributed by atoms with E-state index < -0.39 is 5.97 Å². The first-order valence-corrected chi connectivity index (χ1v) is 9.13. The number of rotatable bonds is 8. The lowest BCUT2D eigenvalue weighted by molar-refractivity contribution is -0.134. The lowest BCUT2D eigenvalue weighted by Crippen LogP contribution is -2.44. The van der Waals surface area contributed by atoms with Gasteiger partial charge in [0.1, 0.15) is 11.9 Å². The largest absolute Gasteiger partial charge is 0.466 e. The van der Waals surface area contributed by atoms with E-state index in [0.717, 1.165) is 12.8 Å². The van der Waals surface area contributed by atoms with E-state index in [1.165, 1.54) is 32.1 Å². The van der Waals surface area contributed by atoms with E-state index in [-0.39, 0.29) is 18.0 Å². The summed E-state index contributed by atoms with van der Waals surface area (Å²) in [6, 6.07) is -0.0581. The molecule has 7 nitrogen and oxygen atoms in total. The number of nitrogens with one attached hydrogen (secondary N) is 2. The van der Waals surface area contributed by atoms with Gasteiger partial charge in [-0.2, -0.15) is 0 Å². The summed E-state index contributed by atoms with van der Waals surface area (Å²) in [5, 5.41) is 6.33. The van der Waals surface area contributed by atoms with Gasteiger partial charge >= 0.3 is 5.97 Å². The Labute approximate surface area is 154 Å². The van der Waals surface area contributed by atoms with Crippen molar-refractivity contribution in [2.45, 2.75) is 58.0 Å². The second-order valence-corrected chi connectivity index (χ2v) is 7.00. The Balaban J connectivity index is 1.99. The fourth-order valence-corrected chi connectivity index (χ4v) is 2.97. The van der Waals surface area contributed by atoms with Gasteiger partial charge in [0.15, 0.2) is 0 Å². The van der Waals surface area contributed by atoms with E-state index in [2.05, 4.69) is 39.2 Å². The summed E-state index contributed by atoms with van der Waals surface area (Å²) in [5.41, 5.74) is 0.539. The topological polar surface area (TPSA) is 93.2 Å². The summed E-state index contributed by atoms with van der Waals surface area (Å²) in [6.45, 7) is 4.17. The summed E-state index contributed by atoms with van der Waals surface area (Å²) in [5.74, 6) is 0.473. The number of methoxy groups -OCH3 is 1. The minimum absolute atomic E-state index is 0.0158. The third kappa shape index (κ3) is 6.46. The molecule has 0 aliphatic heterocycles. The molecule has 0 aromatic carbocycles. The van der Waals surface area contributed by atoms with Gasteiger partial charge in [-0.15, -0.1) is 0 Å². The van der Waals surface area contributed by atoms with Crippen molar-refractivity contribution in [3.05, 3.63) is 24.2 Å². The van der Waals surface area contributed by atoms with E-state index in [0.29, 0.717) is 23.9 Å². The Bertz CT molecular complexity index is 622. The minimum Gasteiger partial charge on any atom is -0.466 e. The van der Waals surface area contributed by atoms with Gasteiger partial charge in [0.2, 0.25) is 5.91 Å². The lowest BCUT2D eigenvalue weighted by Gasteiger charge is -2.22. The van der Waals surface area contributed by atoms with Crippen LogP contribution in [-0.4, -0.2) is 41.0 Å². The molecule has 1 aliphatic rings. The molecule has 142 valence electrons. The first kappa shape index (κ1) is 19.9. The first-order chi connectivity index (χ1) is 12.5. The van der Waals surface area contributed by atoms with E-state index >= 15 is 0 Å². The van der Waals surface area contributed by atoms with Crippen LogP contribution in [0, 0.1) is 5.92 Å². The smallest absolute Gasteiger partial charge is 0.330 e. The molecule has 7 heteroatoms. The van der Waals surface area contributed by atoms with E-state index in [1.54, 1.807) is 12.4 Å². The van der Waals surface area contributed by atoms with Crippen molar-refractivity contribution < 1.29 is 14.3 Å². The molecule has 1 aromatic rings. The first-order valence-electron chi connectivity index (χ1n) is 9.13. The zero-order valence-electron chi connectivity index (χ0n) is 15.7. The zero-order chi connectivity index (χ0) is 18.9. The normalized spacial score (nSPS) is 16.0. The van der Waals surface area contributed by atoms with Crippen LogP contribution in [-0.2, 0) is 14.3 Å². The van der Waals surface area contributed by atoms with Crippen LogP contribution in [0.25, 0.3) is 6.08 Å². The molecular weight excluding hydrogens is 332 g/mol. The molecular formula is C19H28N4O3. The predicted molar refractivity (Wildman–Crippen MR) is 100 cm³/mol. The number of nitrogens with zero attached hydrogens (tertiary/aromatic N) is 2. The van der Waals surface area contributed by atoms with Gasteiger partial charge in [0, 0.05) is 12.1 Å². The molecule has 26 heavy (non-hydrogen) atoms. The van der Waals surface area contributed by atoms with Gasteiger partial charge < -0.3 is 15.4 Å². The number of aromatic nitrogens is 2. The molecule has 0 bridgehead atoms. The monoisotopic (exact) mass is 360 g/mol. The molecule has 0 saturated heterocycles. The van der Waals surface area contributed by atoms with Crippen LogP contribution in [0.4, 0.5) is 5.82 Å². The number of hydrogen-bond donors (Lipinski definition) is 2. The second kappa shape index (κ2) is 9.89. The Hall–Kier alpha value is -2.44. The highest BCUT2D eigenvalue weighted by Crippen LogP contribution is 2.19. The molecule has 2 N–H and O–H groups in total. The minimum atomic E-state index is -0.449. The average Bonchev–Trinajstić information content (AvgIpc) is 3.12. The zero-order valence-corrected chi connectivity index (χ0v) is 15.7. The molecule has 0 radical (unpaired) electrons. The highest BCUT2D eigenvalue weighted by Gasteiger charge is 2.24. The van der Waals surface area contributed by atoms with Gasteiger partial charge in [-0.25, -0.2) is 9.78 Å². The fourth-order valence-electron chi connectivity index (χ4n) is 2.97. The third-order valence-electron chi connectivity index (χ3n) is 4.31. The van der Waals surface area contributed by atoms with Crippen molar-refractivity contribution in [2.75, 3.05) is 12.4 Å². The predicted octanol–water partition coefficient (Wildman–Crippen LogP) is 2.55. The lowest BCUT2D eigenvalue weighted by atomic mass is 10.0. The Kier molecular flexibility index (Phi) is 7.56. The molecule has 1 heterocycles. The van der Waals surface area contributed by atoms with Gasteiger partial charge in [-0.3, -0.25) is 9.78 Å². The van der Waals surface area contributed by atoms with Crippen LogP contribution in [0.2, 0.25) is 0 Å². The Morgan fingerprint density at radius 3 is 2.58 bits per heavy atom. The third-order valence-corrected chi connectivity index (χ3v) is 4.31. The van der Waals surface area contributed by atoms with Crippen molar-refractivity contribution in [1.82, 2.24) is 15.3 Å². The molecule has 1 atom stereocenters. The number of ether oxygens (including phenoxy) is 1. The Morgan fingerprint density at radius 2 is 2.00 bits per heavy atom. The molecule has 0 spiro atoms. The number of amides is 1. The van der Waals surface area contributed by atoms with Gasteiger partial charge in [-0.1, -0.05) is 26.7 Å². The van der Waals surface area contributed by atoms with E-state index in [1.807, 2.05) is 0 Å². The van der Waals surface area contributed by atoms with Crippen molar-refractivity contribution >= 4 is 23.8 Å². The summed E-state index contributed by atoms with van der Waals surface area (Å²) in [7, 11) is 1.32. The summed E-state index contributed by atoms with van der Waals surface area (Å²) in [4.78, 5) is 32.3.